The number of likely N-dealkylation sites (tertiary alicyclic amines) is 1. The van der Waals surface area contributed by atoms with Gasteiger partial charge in [0.2, 0.25) is 0 Å². The maximum atomic E-state index is 12.9. The Hall–Kier alpha value is -1.65. The van der Waals surface area contributed by atoms with Crippen LogP contribution in [-0.2, 0) is 5.60 Å². The zero-order valence-electron chi connectivity index (χ0n) is 13.7. The predicted molar refractivity (Wildman–Crippen MR) is 96.1 cm³/mol. The molecule has 0 spiro atoms. The van der Waals surface area contributed by atoms with Crippen LogP contribution in [0.1, 0.15) is 47.3 Å². The molecule has 1 aliphatic carbocycles. The number of hydrogen-bond acceptors (Lipinski definition) is 3. The van der Waals surface area contributed by atoms with Crippen molar-refractivity contribution in [2.24, 2.45) is 5.92 Å². The molecule has 0 radical (unpaired) electrons. The van der Waals surface area contributed by atoms with E-state index in [1.807, 2.05) is 52.7 Å². The largest absolute Gasteiger partial charge is 0.385 e. The van der Waals surface area contributed by atoms with Crippen LogP contribution in [0, 0.1) is 5.92 Å². The predicted octanol–water partition coefficient (Wildman–Crippen LogP) is 4.04. The van der Waals surface area contributed by atoms with E-state index in [0.29, 0.717) is 13.0 Å². The third-order valence-electron chi connectivity index (χ3n) is 5.74. The Bertz CT molecular complexity index is 700. The van der Waals surface area contributed by atoms with Crippen LogP contribution in [0.25, 0.3) is 0 Å². The molecule has 4 heteroatoms. The van der Waals surface area contributed by atoms with Crippen LogP contribution in [0.3, 0.4) is 0 Å². The first kappa shape index (κ1) is 15.9. The average Bonchev–Trinajstić information content (AvgIpc) is 3.17. The van der Waals surface area contributed by atoms with Crippen molar-refractivity contribution in [2.75, 3.05) is 6.54 Å². The van der Waals surface area contributed by atoms with Gasteiger partial charge in [-0.1, -0.05) is 49.2 Å². The van der Waals surface area contributed by atoms with Gasteiger partial charge in [0.05, 0.1) is 10.5 Å². The lowest BCUT2D eigenvalue weighted by molar-refractivity contribution is -0.110. The average molecular weight is 341 g/mol. The van der Waals surface area contributed by atoms with Crippen molar-refractivity contribution in [1.29, 1.82) is 0 Å². The van der Waals surface area contributed by atoms with E-state index in [9.17, 15) is 9.90 Å². The molecule has 2 aliphatic rings. The quantitative estimate of drug-likeness (QED) is 0.895. The Balaban J connectivity index is 1.66. The van der Waals surface area contributed by atoms with E-state index in [1.54, 1.807) is 0 Å². The fraction of sp³-hybridized carbons (Fsp3) is 0.450. The van der Waals surface area contributed by atoms with Crippen LogP contribution in [-0.4, -0.2) is 28.5 Å². The van der Waals surface area contributed by atoms with Crippen molar-refractivity contribution in [2.45, 2.75) is 43.7 Å². The van der Waals surface area contributed by atoms with Gasteiger partial charge < -0.3 is 10.0 Å². The van der Waals surface area contributed by atoms with E-state index in [0.717, 1.165) is 36.1 Å². The summed E-state index contributed by atoms with van der Waals surface area (Å²) >= 11 is 1.51. The second-order valence-electron chi connectivity index (χ2n) is 6.97. The lowest BCUT2D eigenvalue weighted by Crippen LogP contribution is -2.58. The number of aliphatic hydroxyl groups is 1. The van der Waals surface area contributed by atoms with Gasteiger partial charge in [-0.2, -0.15) is 0 Å². The molecule has 1 N–H and O–H groups in total. The normalized spacial score (nSPS) is 30.0. The minimum atomic E-state index is -0.807. The molecule has 2 aromatic rings. The molecule has 3 nitrogen and oxygen atoms in total. The van der Waals surface area contributed by atoms with E-state index >= 15 is 0 Å². The number of amides is 1. The summed E-state index contributed by atoms with van der Waals surface area (Å²) in [6, 6.07) is 14.0. The van der Waals surface area contributed by atoms with Gasteiger partial charge in [-0.25, -0.2) is 0 Å². The summed E-state index contributed by atoms with van der Waals surface area (Å²) in [4.78, 5) is 15.8. The van der Waals surface area contributed by atoms with E-state index < -0.39 is 5.60 Å². The molecule has 0 bridgehead atoms. The first-order chi connectivity index (χ1) is 11.7. The summed E-state index contributed by atoms with van der Waals surface area (Å²) in [6.07, 6.45) is 4.88. The monoisotopic (exact) mass is 341 g/mol. The van der Waals surface area contributed by atoms with Crippen LogP contribution < -0.4 is 0 Å². The summed E-state index contributed by atoms with van der Waals surface area (Å²) in [5.74, 6) is 0.267. The maximum Gasteiger partial charge on any atom is 0.264 e. The molecule has 1 aliphatic heterocycles. The van der Waals surface area contributed by atoms with Crippen molar-refractivity contribution in [3.8, 4) is 0 Å². The lowest BCUT2D eigenvalue weighted by atomic mass is 9.66. The van der Waals surface area contributed by atoms with Crippen LogP contribution in [0.5, 0.6) is 0 Å². The highest BCUT2D eigenvalue weighted by Gasteiger charge is 2.50. The van der Waals surface area contributed by atoms with Crippen molar-refractivity contribution in [1.82, 2.24) is 4.90 Å². The summed E-state index contributed by atoms with van der Waals surface area (Å²) < 4.78 is 0. The Kier molecular flexibility index (Phi) is 4.19. The van der Waals surface area contributed by atoms with Gasteiger partial charge >= 0.3 is 0 Å². The maximum absolute atomic E-state index is 12.9. The molecule has 1 saturated carbocycles. The second kappa shape index (κ2) is 6.34. The number of piperidine rings is 1. The standard InChI is InChI=1S/C20H23NO2S/c22-19(18-11-6-14-24-18)21-13-12-20(23,15-7-2-1-3-8-15)16-9-4-5-10-17(16)21/h1-3,6-8,11,14,16-17,23H,4-5,9-10,12-13H2/t16-,17-,20-/m1/s1. The van der Waals surface area contributed by atoms with Gasteiger partial charge in [0.15, 0.2) is 0 Å². The van der Waals surface area contributed by atoms with Gasteiger partial charge in [-0.3, -0.25) is 4.79 Å². The number of benzene rings is 1. The van der Waals surface area contributed by atoms with E-state index in [2.05, 4.69) is 0 Å². The Morgan fingerprint density at radius 2 is 1.92 bits per heavy atom. The highest BCUT2D eigenvalue weighted by atomic mass is 32.1. The van der Waals surface area contributed by atoms with E-state index in [4.69, 9.17) is 0 Å². The molecule has 2 fully saturated rings. The van der Waals surface area contributed by atoms with Gasteiger partial charge in [-0.15, -0.1) is 11.3 Å². The molecular formula is C20H23NO2S. The molecule has 4 rings (SSSR count). The van der Waals surface area contributed by atoms with Crippen molar-refractivity contribution in [3.05, 3.63) is 58.3 Å². The molecule has 1 amide bonds. The molecule has 1 aromatic carbocycles. The van der Waals surface area contributed by atoms with Gasteiger partial charge in [0.25, 0.3) is 5.91 Å². The topological polar surface area (TPSA) is 40.5 Å². The van der Waals surface area contributed by atoms with Crippen molar-refractivity contribution >= 4 is 17.2 Å². The minimum Gasteiger partial charge on any atom is -0.385 e. The number of carbonyl (C=O) groups excluding carboxylic acids is 1. The van der Waals surface area contributed by atoms with Crippen LogP contribution >= 0.6 is 11.3 Å². The van der Waals surface area contributed by atoms with Crippen molar-refractivity contribution < 1.29 is 9.90 Å². The van der Waals surface area contributed by atoms with Crippen LogP contribution in [0.4, 0.5) is 0 Å². The van der Waals surface area contributed by atoms with E-state index in [1.165, 1.54) is 11.3 Å². The zero-order valence-corrected chi connectivity index (χ0v) is 14.5. The number of thiophene rings is 1. The Morgan fingerprint density at radius 1 is 1.12 bits per heavy atom. The molecule has 126 valence electrons. The number of rotatable bonds is 2. The molecular weight excluding hydrogens is 318 g/mol. The number of fused-ring (bicyclic) bond motifs is 1. The molecule has 24 heavy (non-hydrogen) atoms. The molecule has 1 saturated heterocycles. The first-order valence-electron chi connectivity index (χ1n) is 8.82. The fourth-order valence-corrected chi connectivity index (χ4v) is 5.24. The Morgan fingerprint density at radius 3 is 2.67 bits per heavy atom. The highest BCUT2D eigenvalue weighted by molar-refractivity contribution is 7.12. The SMILES string of the molecule is O=C(c1cccs1)N1CC[C@@](O)(c2ccccc2)[C@@H]2CCCC[C@H]21. The number of hydrogen-bond donors (Lipinski definition) is 1. The minimum absolute atomic E-state index is 0.131. The molecule has 1 aromatic heterocycles. The molecule has 2 heterocycles. The number of nitrogens with zero attached hydrogens (tertiary/aromatic N) is 1. The summed E-state index contributed by atoms with van der Waals surface area (Å²) in [5.41, 5.74) is 0.198. The van der Waals surface area contributed by atoms with Crippen LogP contribution in [0.15, 0.2) is 47.8 Å². The summed E-state index contributed by atoms with van der Waals surface area (Å²) in [5, 5.41) is 13.5. The molecule has 3 atom stereocenters. The Labute approximate surface area is 146 Å². The molecule has 0 unspecified atom stereocenters. The van der Waals surface area contributed by atoms with Crippen molar-refractivity contribution in [3.63, 3.8) is 0 Å². The second-order valence-corrected chi connectivity index (χ2v) is 7.92. The first-order valence-corrected chi connectivity index (χ1v) is 9.70. The fourth-order valence-electron chi connectivity index (χ4n) is 4.56. The van der Waals surface area contributed by atoms with Gasteiger partial charge in [0.1, 0.15) is 0 Å². The smallest absolute Gasteiger partial charge is 0.264 e. The summed E-state index contributed by atoms with van der Waals surface area (Å²) in [7, 11) is 0. The summed E-state index contributed by atoms with van der Waals surface area (Å²) in [6.45, 7) is 0.628. The van der Waals surface area contributed by atoms with E-state index in [-0.39, 0.29) is 17.9 Å². The van der Waals surface area contributed by atoms with Crippen LogP contribution in [0.2, 0.25) is 0 Å². The third kappa shape index (κ3) is 2.58. The zero-order chi connectivity index (χ0) is 16.6. The van der Waals surface area contributed by atoms with Gasteiger partial charge in [-0.05, 0) is 36.3 Å². The third-order valence-corrected chi connectivity index (χ3v) is 6.60. The van der Waals surface area contributed by atoms with Gasteiger partial charge in [0, 0.05) is 18.5 Å². The number of carbonyl (C=O) groups is 1. The lowest BCUT2D eigenvalue weighted by Gasteiger charge is -2.52. The highest BCUT2D eigenvalue weighted by Crippen LogP contribution is 2.47.